The summed E-state index contributed by atoms with van der Waals surface area (Å²) < 4.78 is 10.5. The molecule has 0 saturated heterocycles. The van der Waals surface area contributed by atoms with Gasteiger partial charge in [-0.2, -0.15) is 0 Å². The molecule has 0 unspecified atom stereocenters. The van der Waals surface area contributed by atoms with Gasteiger partial charge in [0.1, 0.15) is 12.4 Å². The van der Waals surface area contributed by atoms with Gasteiger partial charge in [0, 0.05) is 13.7 Å². The number of rotatable bonds is 8. The van der Waals surface area contributed by atoms with Crippen LogP contribution in [-0.4, -0.2) is 37.9 Å². The van der Waals surface area contributed by atoms with E-state index in [4.69, 9.17) is 21.7 Å². The molecule has 0 radical (unpaired) electrons. The van der Waals surface area contributed by atoms with Crippen molar-refractivity contribution < 1.29 is 14.3 Å². The Kier molecular flexibility index (Phi) is 8.38. The Bertz CT molecular complexity index is 466. The number of ether oxygens (including phenoxy) is 2. The fourth-order valence-corrected chi connectivity index (χ4v) is 1.80. The molecule has 0 aliphatic heterocycles. The first-order valence-corrected chi connectivity index (χ1v) is 7.39. The largest absolute Gasteiger partial charge is 0.490 e. The highest BCUT2D eigenvalue weighted by molar-refractivity contribution is 7.80. The first kappa shape index (κ1) is 17.4. The fraction of sp³-hybridized carbons (Fsp3) is 0.467. The molecule has 0 spiro atoms. The predicted octanol–water partition coefficient (Wildman–Crippen LogP) is 2.12. The van der Waals surface area contributed by atoms with Crippen molar-refractivity contribution in [1.82, 2.24) is 10.6 Å². The second-order valence-corrected chi connectivity index (χ2v) is 4.81. The normalized spacial score (nSPS) is 10.0. The van der Waals surface area contributed by atoms with Gasteiger partial charge in [-0.3, -0.25) is 10.1 Å². The first-order chi connectivity index (χ1) is 10.2. The molecule has 0 aromatic heterocycles. The van der Waals surface area contributed by atoms with E-state index in [9.17, 15) is 4.79 Å². The van der Waals surface area contributed by atoms with Crippen LogP contribution in [0.5, 0.6) is 5.75 Å². The van der Waals surface area contributed by atoms with Crippen molar-refractivity contribution in [2.75, 3.05) is 26.9 Å². The van der Waals surface area contributed by atoms with Gasteiger partial charge in [0.2, 0.25) is 0 Å². The van der Waals surface area contributed by atoms with Crippen LogP contribution in [0.15, 0.2) is 24.3 Å². The molecule has 0 atom stereocenters. The molecule has 21 heavy (non-hydrogen) atoms. The molecule has 116 valence electrons. The summed E-state index contributed by atoms with van der Waals surface area (Å²) >= 11 is 5.09. The van der Waals surface area contributed by atoms with Crippen molar-refractivity contribution in [3.63, 3.8) is 0 Å². The number of para-hydroxylation sites is 1. The number of carbonyl (C=O) groups excluding carboxylic acids is 1. The molecule has 2 N–H and O–H groups in total. The second-order valence-electron chi connectivity index (χ2n) is 4.40. The zero-order chi connectivity index (χ0) is 15.5. The first-order valence-electron chi connectivity index (χ1n) is 6.99. The molecule has 0 heterocycles. The van der Waals surface area contributed by atoms with Crippen LogP contribution in [0.1, 0.15) is 30.1 Å². The SMILES string of the molecule is CCCCNC(=S)NC(=O)c1ccccc1OCCOC. The highest BCUT2D eigenvalue weighted by atomic mass is 32.1. The van der Waals surface area contributed by atoms with Crippen LogP contribution in [0.25, 0.3) is 0 Å². The minimum Gasteiger partial charge on any atom is -0.490 e. The van der Waals surface area contributed by atoms with Crippen LogP contribution in [0.4, 0.5) is 0 Å². The maximum Gasteiger partial charge on any atom is 0.261 e. The third-order valence-electron chi connectivity index (χ3n) is 2.72. The monoisotopic (exact) mass is 310 g/mol. The Balaban J connectivity index is 2.58. The summed E-state index contributed by atoms with van der Waals surface area (Å²) in [5.41, 5.74) is 0.452. The molecular formula is C15H22N2O3S. The Labute approximate surface area is 131 Å². The highest BCUT2D eigenvalue weighted by Gasteiger charge is 2.13. The minimum atomic E-state index is -0.281. The molecule has 0 fully saturated rings. The summed E-state index contributed by atoms with van der Waals surface area (Å²) in [6.45, 7) is 3.70. The molecule has 1 aromatic rings. The Hall–Kier alpha value is -1.66. The van der Waals surface area contributed by atoms with Gasteiger partial charge >= 0.3 is 0 Å². The fourth-order valence-electron chi connectivity index (χ4n) is 1.61. The van der Waals surface area contributed by atoms with Gasteiger partial charge in [0.25, 0.3) is 5.91 Å². The van der Waals surface area contributed by atoms with Crippen LogP contribution >= 0.6 is 12.2 Å². The molecule has 5 nitrogen and oxygen atoms in total. The molecule has 0 bridgehead atoms. The van der Waals surface area contributed by atoms with Gasteiger partial charge in [-0.15, -0.1) is 0 Å². The molecule has 0 aliphatic rings. The third-order valence-corrected chi connectivity index (χ3v) is 2.97. The lowest BCUT2D eigenvalue weighted by Crippen LogP contribution is -2.39. The topological polar surface area (TPSA) is 59.6 Å². The third kappa shape index (κ3) is 6.55. The van der Waals surface area contributed by atoms with E-state index in [1.165, 1.54) is 0 Å². The van der Waals surface area contributed by atoms with Gasteiger partial charge in [-0.25, -0.2) is 0 Å². The van der Waals surface area contributed by atoms with Crippen LogP contribution in [0, 0.1) is 0 Å². The van der Waals surface area contributed by atoms with Crippen molar-refractivity contribution in [1.29, 1.82) is 0 Å². The number of amides is 1. The molecule has 0 aliphatic carbocycles. The molecular weight excluding hydrogens is 288 g/mol. The van der Waals surface area contributed by atoms with Crippen molar-refractivity contribution in [2.45, 2.75) is 19.8 Å². The maximum absolute atomic E-state index is 12.2. The summed E-state index contributed by atoms with van der Waals surface area (Å²) in [6, 6.07) is 7.05. The molecule has 1 amide bonds. The summed E-state index contributed by atoms with van der Waals surface area (Å²) in [7, 11) is 1.60. The zero-order valence-corrected chi connectivity index (χ0v) is 13.3. The molecule has 1 rings (SSSR count). The number of hydrogen-bond acceptors (Lipinski definition) is 4. The maximum atomic E-state index is 12.2. The average Bonchev–Trinajstić information content (AvgIpc) is 2.48. The number of nitrogens with one attached hydrogen (secondary N) is 2. The van der Waals surface area contributed by atoms with E-state index in [-0.39, 0.29) is 5.91 Å². The summed E-state index contributed by atoms with van der Waals surface area (Å²) in [6.07, 6.45) is 2.08. The second kappa shape index (κ2) is 10.1. The average molecular weight is 310 g/mol. The number of hydrogen-bond donors (Lipinski definition) is 2. The standard InChI is InChI=1S/C15H22N2O3S/c1-3-4-9-16-15(21)17-14(18)12-7-5-6-8-13(12)20-11-10-19-2/h5-8H,3-4,9-11H2,1-2H3,(H2,16,17,18,21). The summed E-state index contributed by atoms with van der Waals surface area (Å²) in [4.78, 5) is 12.2. The van der Waals surface area contributed by atoms with Gasteiger partial charge in [0.05, 0.1) is 12.2 Å². The van der Waals surface area contributed by atoms with Crippen LogP contribution in [0.3, 0.4) is 0 Å². The Morgan fingerprint density at radius 2 is 2.05 bits per heavy atom. The van der Waals surface area contributed by atoms with E-state index in [2.05, 4.69) is 17.6 Å². The van der Waals surface area contributed by atoms with Crippen molar-refractivity contribution in [2.24, 2.45) is 0 Å². The van der Waals surface area contributed by atoms with E-state index in [0.29, 0.717) is 29.6 Å². The lowest BCUT2D eigenvalue weighted by atomic mass is 10.2. The number of carbonyl (C=O) groups is 1. The smallest absolute Gasteiger partial charge is 0.261 e. The van der Waals surface area contributed by atoms with E-state index in [0.717, 1.165) is 19.4 Å². The lowest BCUT2D eigenvalue weighted by molar-refractivity contribution is 0.0969. The van der Waals surface area contributed by atoms with Crippen LogP contribution < -0.4 is 15.4 Å². The van der Waals surface area contributed by atoms with Crippen molar-refractivity contribution in [3.8, 4) is 5.75 Å². The quantitative estimate of drug-likeness (QED) is 0.569. The highest BCUT2D eigenvalue weighted by Crippen LogP contribution is 2.17. The van der Waals surface area contributed by atoms with E-state index < -0.39 is 0 Å². The van der Waals surface area contributed by atoms with E-state index in [1.807, 2.05) is 6.07 Å². The minimum absolute atomic E-state index is 0.281. The number of thiocarbonyl (C=S) groups is 1. The van der Waals surface area contributed by atoms with Crippen LogP contribution in [0.2, 0.25) is 0 Å². The number of methoxy groups -OCH3 is 1. The van der Waals surface area contributed by atoms with E-state index in [1.54, 1.807) is 25.3 Å². The van der Waals surface area contributed by atoms with Gasteiger partial charge in [0.15, 0.2) is 5.11 Å². The van der Waals surface area contributed by atoms with Gasteiger partial charge in [-0.1, -0.05) is 25.5 Å². The van der Waals surface area contributed by atoms with Crippen molar-refractivity contribution in [3.05, 3.63) is 29.8 Å². The Morgan fingerprint density at radius 3 is 2.76 bits per heavy atom. The number of unbranched alkanes of at least 4 members (excludes halogenated alkanes) is 1. The Morgan fingerprint density at radius 1 is 1.29 bits per heavy atom. The lowest BCUT2D eigenvalue weighted by Gasteiger charge is -2.12. The van der Waals surface area contributed by atoms with Gasteiger partial charge in [-0.05, 0) is 30.8 Å². The zero-order valence-electron chi connectivity index (χ0n) is 12.5. The van der Waals surface area contributed by atoms with Gasteiger partial charge < -0.3 is 14.8 Å². The molecule has 0 saturated carbocycles. The van der Waals surface area contributed by atoms with E-state index >= 15 is 0 Å². The molecule has 6 heteroatoms. The van der Waals surface area contributed by atoms with Crippen molar-refractivity contribution >= 4 is 23.2 Å². The summed E-state index contributed by atoms with van der Waals surface area (Å²) in [5, 5.41) is 5.98. The predicted molar refractivity (Wildman–Crippen MR) is 86.8 cm³/mol. The summed E-state index contributed by atoms with van der Waals surface area (Å²) in [5.74, 6) is 0.237. The van der Waals surface area contributed by atoms with Crippen LogP contribution in [-0.2, 0) is 4.74 Å². The molecule has 1 aromatic carbocycles. The number of benzene rings is 1.